The van der Waals surface area contributed by atoms with Crippen LogP contribution in [0.2, 0.25) is 0 Å². The quantitative estimate of drug-likeness (QED) is 0.565. The van der Waals surface area contributed by atoms with Crippen LogP contribution in [0.15, 0.2) is 58.3 Å². The van der Waals surface area contributed by atoms with Crippen molar-refractivity contribution in [3.8, 4) is 5.75 Å². The van der Waals surface area contributed by atoms with Crippen LogP contribution in [0.3, 0.4) is 0 Å². The molecule has 3 aromatic rings. The first-order chi connectivity index (χ1) is 15.4. The summed E-state index contributed by atoms with van der Waals surface area (Å²) < 4.78 is 13.0. The highest BCUT2D eigenvalue weighted by Gasteiger charge is 2.55. The number of nitrogens with zero attached hydrogens (tertiary/aromatic N) is 2. The molecule has 0 aliphatic carbocycles. The van der Waals surface area contributed by atoms with E-state index in [-0.39, 0.29) is 16.0 Å². The molecule has 0 radical (unpaired) electrons. The Balaban J connectivity index is 1.71. The fraction of sp³-hybridized carbons (Fsp3) is 0.217. The lowest BCUT2D eigenvalue weighted by atomic mass is 9.81. The van der Waals surface area contributed by atoms with E-state index in [9.17, 15) is 14.4 Å². The number of hydrogen-bond donors (Lipinski definition) is 1. The molecule has 2 bridgehead atoms. The van der Waals surface area contributed by atoms with E-state index >= 15 is 0 Å². The SMILES string of the molecule is COC(=O)[C@H]1[C@H]2c3ccccc3O[C@@]1(C)N=c1s/c(=C3/C(=O)Nc4ccccc43)c(=O)n12. The molecular weight excluding hydrogens is 430 g/mol. The molecular formula is C23H17N3O5S. The number of rotatable bonds is 1. The van der Waals surface area contributed by atoms with Crippen molar-refractivity contribution in [2.45, 2.75) is 18.7 Å². The van der Waals surface area contributed by atoms with Crippen LogP contribution in [-0.2, 0) is 14.3 Å². The van der Waals surface area contributed by atoms with Gasteiger partial charge in [0.25, 0.3) is 11.5 Å². The summed E-state index contributed by atoms with van der Waals surface area (Å²) in [5.41, 5.74) is 0.728. The second-order valence-electron chi connectivity index (χ2n) is 8.02. The molecule has 8 nitrogen and oxygen atoms in total. The van der Waals surface area contributed by atoms with Crippen molar-refractivity contribution >= 4 is 34.5 Å². The molecule has 32 heavy (non-hydrogen) atoms. The van der Waals surface area contributed by atoms with E-state index in [0.29, 0.717) is 32.9 Å². The van der Waals surface area contributed by atoms with Gasteiger partial charge in [0.15, 0.2) is 4.80 Å². The number of methoxy groups -OCH3 is 1. The van der Waals surface area contributed by atoms with E-state index in [1.165, 1.54) is 11.7 Å². The number of benzene rings is 2. The molecule has 1 amide bonds. The Hall–Kier alpha value is -3.72. The average Bonchev–Trinajstić information content (AvgIpc) is 3.27. The number of thiazole rings is 1. The van der Waals surface area contributed by atoms with Gasteiger partial charge in [-0.3, -0.25) is 19.0 Å². The third-order valence-corrected chi connectivity index (χ3v) is 7.26. The molecule has 3 atom stereocenters. The third kappa shape index (κ3) is 2.36. The van der Waals surface area contributed by atoms with Crippen molar-refractivity contribution in [3.05, 3.63) is 79.3 Å². The molecule has 0 saturated heterocycles. The first-order valence-electron chi connectivity index (χ1n) is 10.0. The molecule has 9 heteroatoms. The van der Waals surface area contributed by atoms with Crippen molar-refractivity contribution < 1.29 is 19.1 Å². The summed E-state index contributed by atoms with van der Waals surface area (Å²) >= 11 is 1.13. The Labute approximate surface area is 185 Å². The molecule has 0 saturated carbocycles. The Morgan fingerprint density at radius 2 is 1.94 bits per heavy atom. The minimum absolute atomic E-state index is 0.281. The number of esters is 1. The van der Waals surface area contributed by atoms with E-state index in [1.54, 1.807) is 25.1 Å². The van der Waals surface area contributed by atoms with Gasteiger partial charge in [-0.05, 0) is 19.1 Å². The van der Waals surface area contributed by atoms with Crippen LogP contribution in [0.5, 0.6) is 5.75 Å². The van der Waals surface area contributed by atoms with Gasteiger partial charge in [-0.2, -0.15) is 0 Å². The summed E-state index contributed by atoms with van der Waals surface area (Å²) in [4.78, 5) is 44.5. The number of para-hydroxylation sites is 2. The summed E-state index contributed by atoms with van der Waals surface area (Å²) in [6.45, 7) is 1.72. The monoisotopic (exact) mass is 447 g/mol. The van der Waals surface area contributed by atoms with Crippen LogP contribution in [0.25, 0.3) is 5.57 Å². The van der Waals surface area contributed by atoms with E-state index in [1.807, 2.05) is 30.3 Å². The summed E-state index contributed by atoms with van der Waals surface area (Å²) in [5, 5.41) is 2.81. The lowest BCUT2D eigenvalue weighted by Crippen LogP contribution is -2.58. The maximum atomic E-state index is 13.7. The Morgan fingerprint density at radius 3 is 2.75 bits per heavy atom. The van der Waals surface area contributed by atoms with Gasteiger partial charge in [-0.1, -0.05) is 47.7 Å². The smallest absolute Gasteiger partial charge is 0.317 e. The molecule has 0 unspecified atom stereocenters. The highest BCUT2D eigenvalue weighted by atomic mass is 32.1. The first-order valence-corrected chi connectivity index (χ1v) is 10.9. The van der Waals surface area contributed by atoms with Gasteiger partial charge in [0.1, 0.15) is 16.2 Å². The highest BCUT2D eigenvalue weighted by Crippen LogP contribution is 2.47. The first kappa shape index (κ1) is 19.0. The standard InChI is InChI=1S/C23H17N3O5S/c1-23-16(21(29)30-2)17(12-8-4-6-10-14(12)31-23)26-20(28)18(32-22(26)25-23)15-11-7-3-5-9-13(11)24-19(15)27/h3-10,16-17H,1-2H3,(H,24,27)/b18-15+/t16-,17-,23-/m1/s1. The van der Waals surface area contributed by atoms with Crippen molar-refractivity contribution in [2.75, 3.05) is 12.4 Å². The van der Waals surface area contributed by atoms with Gasteiger partial charge in [-0.15, -0.1) is 0 Å². The number of anilines is 1. The number of amides is 1. The number of ether oxygens (including phenoxy) is 2. The van der Waals surface area contributed by atoms with Crippen molar-refractivity contribution in [3.63, 3.8) is 0 Å². The maximum absolute atomic E-state index is 13.7. The van der Waals surface area contributed by atoms with Gasteiger partial charge in [0, 0.05) is 16.8 Å². The Morgan fingerprint density at radius 1 is 1.19 bits per heavy atom. The number of carbonyl (C=O) groups is 2. The number of aromatic nitrogens is 1. The topological polar surface area (TPSA) is 99.0 Å². The van der Waals surface area contributed by atoms with Gasteiger partial charge >= 0.3 is 5.97 Å². The van der Waals surface area contributed by atoms with E-state index < -0.39 is 23.7 Å². The molecule has 1 N–H and O–H groups in total. The maximum Gasteiger partial charge on any atom is 0.317 e. The van der Waals surface area contributed by atoms with Gasteiger partial charge in [0.2, 0.25) is 5.72 Å². The fourth-order valence-electron chi connectivity index (χ4n) is 4.82. The zero-order valence-electron chi connectivity index (χ0n) is 17.1. The largest absolute Gasteiger partial charge is 0.469 e. The normalized spacial score (nSPS) is 26.1. The summed E-state index contributed by atoms with van der Waals surface area (Å²) in [7, 11) is 1.31. The molecule has 2 aromatic carbocycles. The zero-order valence-corrected chi connectivity index (χ0v) is 17.9. The zero-order chi connectivity index (χ0) is 22.2. The molecule has 0 fully saturated rings. The lowest BCUT2D eigenvalue weighted by Gasteiger charge is -2.44. The van der Waals surface area contributed by atoms with E-state index in [4.69, 9.17) is 14.5 Å². The minimum Gasteiger partial charge on any atom is -0.469 e. The molecule has 3 aliphatic rings. The van der Waals surface area contributed by atoms with Crippen LogP contribution >= 0.6 is 11.3 Å². The van der Waals surface area contributed by atoms with Gasteiger partial charge < -0.3 is 14.8 Å². The average molecular weight is 447 g/mol. The van der Waals surface area contributed by atoms with Crippen LogP contribution < -0.4 is 24.9 Å². The predicted molar refractivity (Wildman–Crippen MR) is 116 cm³/mol. The van der Waals surface area contributed by atoms with E-state index in [0.717, 1.165) is 11.3 Å². The fourth-order valence-corrected chi connectivity index (χ4v) is 6.02. The molecule has 3 aliphatic heterocycles. The minimum atomic E-state index is -1.25. The van der Waals surface area contributed by atoms with Gasteiger partial charge in [-0.25, -0.2) is 4.99 Å². The molecule has 4 heterocycles. The van der Waals surface area contributed by atoms with Crippen LogP contribution in [0, 0.1) is 5.92 Å². The predicted octanol–water partition coefficient (Wildman–Crippen LogP) is 1.18. The molecule has 160 valence electrons. The summed E-state index contributed by atoms with van der Waals surface area (Å²) in [6, 6.07) is 13.9. The van der Waals surface area contributed by atoms with Crippen molar-refractivity contribution in [2.24, 2.45) is 10.9 Å². The van der Waals surface area contributed by atoms with E-state index in [2.05, 4.69) is 5.32 Å². The Bertz CT molecular complexity index is 1520. The van der Waals surface area contributed by atoms with Crippen molar-refractivity contribution in [1.29, 1.82) is 0 Å². The second kappa shape index (κ2) is 6.39. The lowest BCUT2D eigenvalue weighted by molar-refractivity contribution is -0.158. The third-order valence-electron chi connectivity index (χ3n) is 6.21. The highest BCUT2D eigenvalue weighted by molar-refractivity contribution is 7.07. The second-order valence-corrected chi connectivity index (χ2v) is 8.99. The van der Waals surface area contributed by atoms with Gasteiger partial charge in [0.05, 0.1) is 18.7 Å². The summed E-state index contributed by atoms with van der Waals surface area (Å²) in [5.74, 6) is -1.15. The molecule has 0 spiro atoms. The van der Waals surface area contributed by atoms with Crippen molar-refractivity contribution in [1.82, 2.24) is 4.57 Å². The number of fused-ring (bicyclic) bond motifs is 7. The Kier molecular flexibility index (Phi) is 3.80. The number of hydrogen-bond acceptors (Lipinski definition) is 7. The molecule has 6 rings (SSSR count). The number of nitrogens with one attached hydrogen (secondary N) is 1. The summed E-state index contributed by atoms with van der Waals surface area (Å²) in [6.07, 6.45) is 0. The van der Waals surface area contributed by atoms with Crippen LogP contribution in [0.4, 0.5) is 5.69 Å². The number of carbonyl (C=O) groups excluding carboxylic acids is 2. The van der Waals surface area contributed by atoms with Crippen LogP contribution in [-0.4, -0.2) is 29.3 Å². The van der Waals surface area contributed by atoms with Crippen LogP contribution in [0.1, 0.15) is 24.1 Å². The molecule has 1 aromatic heterocycles.